The summed E-state index contributed by atoms with van der Waals surface area (Å²) in [6.45, 7) is 0. The Bertz CT molecular complexity index is 964. The van der Waals surface area contributed by atoms with Crippen molar-refractivity contribution in [2.24, 2.45) is 0 Å². The molecular formula is C13H11N3O7S. The van der Waals surface area contributed by atoms with Crippen LogP contribution in [-0.2, 0) is 10.1 Å². The molecule has 126 valence electrons. The van der Waals surface area contributed by atoms with E-state index in [1.165, 1.54) is 19.2 Å². The highest BCUT2D eigenvalue weighted by Gasteiger charge is 2.17. The third-order valence-electron chi connectivity index (χ3n) is 3.11. The van der Waals surface area contributed by atoms with Crippen molar-refractivity contribution in [2.75, 3.05) is 12.1 Å². The molecule has 0 aliphatic carbocycles. The van der Waals surface area contributed by atoms with Crippen LogP contribution in [0, 0.1) is 10.1 Å². The first-order chi connectivity index (χ1) is 11.1. The first kappa shape index (κ1) is 17.3. The minimum atomic E-state index is -4.53. The van der Waals surface area contributed by atoms with E-state index in [-0.39, 0.29) is 11.3 Å². The van der Waals surface area contributed by atoms with Gasteiger partial charge in [-0.05, 0) is 18.2 Å². The number of nitro groups is 1. The molecule has 1 N–H and O–H groups in total. The number of carbonyl (C=O) groups excluding carboxylic acids is 1. The zero-order valence-corrected chi connectivity index (χ0v) is 13.0. The van der Waals surface area contributed by atoms with Gasteiger partial charge in [0.25, 0.3) is 27.3 Å². The van der Waals surface area contributed by atoms with Gasteiger partial charge in [-0.15, -0.1) is 0 Å². The largest absolute Gasteiger partial charge is 0.294 e. The second-order valence-electron chi connectivity index (χ2n) is 4.65. The molecule has 24 heavy (non-hydrogen) atoms. The monoisotopic (exact) mass is 353 g/mol. The molecule has 0 radical (unpaired) electrons. The molecule has 0 atom stereocenters. The third kappa shape index (κ3) is 3.47. The maximum atomic E-state index is 12.3. The number of non-ortho nitro benzene ring substituents is 1. The van der Waals surface area contributed by atoms with Crippen LogP contribution < -0.4 is 10.6 Å². The minimum Gasteiger partial charge on any atom is -0.282 e. The lowest BCUT2D eigenvalue weighted by Gasteiger charge is -2.19. The fourth-order valence-corrected chi connectivity index (χ4v) is 2.35. The highest BCUT2D eigenvalue weighted by Crippen LogP contribution is 2.13. The van der Waals surface area contributed by atoms with Crippen molar-refractivity contribution in [2.45, 2.75) is 4.90 Å². The molecule has 0 spiro atoms. The number of aromatic nitrogens is 1. The Kier molecular flexibility index (Phi) is 4.48. The second-order valence-corrected chi connectivity index (χ2v) is 6.07. The molecular weight excluding hydrogens is 342 g/mol. The Balaban J connectivity index is 2.34. The summed E-state index contributed by atoms with van der Waals surface area (Å²) in [5, 5.41) is 11.5. The maximum absolute atomic E-state index is 12.3. The highest BCUT2D eigenvalue weighted by atomic mass is 32.2. The summed E-state index contributed by atoms with van der Waals surface area (Å²) < 4.78 is 31.7. The highest BCUT2D eigenvalue weighted by molar-refractivity contribution is 7.85. The zero-order chi connectivity index (χ0) is 18.1. The lowest BCUT2D eigenvalue weighted by Crippen LogP contribution is -2.43. The maximum Gasteiger partial charge on any atom is 0.294 e. The number of pyridine rings is 1. The van der Waals surface area contributed by atoms with E-state index in [2.05, 4.69) is 0 Å². The van der Waals surface area contributed by atoms with Gasteiger partial charge in [0.2, 0.25) is 0 Å². The van der Waals surface area contributed by atoms with Crippen molar-refractivity contribution in [1.82, 2.24) is 4.68 Å². The van der Waals surface area contributed by atoms with E-state index in [1.54, 1.807) is 0 Å². The standard InChI is InChI=1S/C13H11N3O7S/c1-14(13(18)9-2-4-10(5-3-9)16(19)20)15-7-6-11(8-12(15)17)24(21,22)23/h2-8H,1H3,(H,21,22,23). The van der Waals surface area contributed by atoms with E-state index in [1.807, 2.05) is 0 Å². The molecule has 1 amide bonds. The first-order valence-electron chi connectivity index (χ1n) is 6.34. The number of hydrogen-bond acceptors (Lipinski definition) is 6. The van der Waals surface area contributed by atoms with E-state index in [9.17, 15) is 28.1 Å². The van der Waals surface area contributed by atoms with Gasteiger partial charge in [0, 0.05) is 37.0 Å². The Labute approximate surface area is 135 Å². The smallest absolute Gasteiger partial charge is 0.282 e. The van der Waals surface area contributed by atoms with Gasteiger partial charge in [-0.2, -0.15) is 8.42 Å². The Morgan fingerprint density at radius 1 is 1.25 bits per heavy atom. The molecule has 1 heterocycles. The quantitative estimate of drug-likeness (QED) is 0.477. The van der Waals surface area contributed by atoms with Crippen LogP contribution in [-0.4, -0.2) is 35.5 Å². The summed E-state index contributed by atoms with van der Waals surface area (Å²) in [6, 6.07) is 6.37. The number of hydrogen-bond donors (Lipinski definition) is 1. The van der Waals surface area contributed by atoms with Crippen molar-refractivity contribution < 1.29 is 22.7 Å². The summed E-state index contributed by atoms with van der Waals surface area (Å²) in [7, 11) is -3.27. The van der Waals surface area contributed by atoms with Crippen LogP contribution in [0.15, 0.2) is 52.3 Å². The average Bonchev–Trinajstić information content (AvgIpc) is 2.52. The third-order valence-corrected chi connectivity index (χ3v) is 3.96. The van der Waals surface area contributed by atoms with Crippen LogP contribution in [0.2, 0.25) is 0 Å². The Hall–Kier alpha value is -3.05. The van der Waals surface area contributed by atoms with Gasteiger partial charge in [0.15, 0.2) is 0 Å². The fourth-order valence-electron chi connectivity index (χ4n) is 1.87. The van der Waals surface area contributed by atoms with Crippen molar-refractivity contribution in [3.05, 3.63) is 68.6 Å². The molecule has 11 heteroatoms. The van der Waals surface area contributed by atoms with Crippen LogP contribution >= 0.6 is 0 Å². The zero-order valence-electron chi connectivity index (χ0n) is 12.2. The number of amides is 1. The van der Waals surface area contributed by atoms with E-state index >= 15 is 0 Å². The SMILES string of the molecule is CN(C(=O)c1ccc([N+](=O)[O-])cc1)n1ccc(S(=O)(=O)O)cc1=O. The van der Waals surface area contributed by atoms with Gasteiger partial charge in [0.1, 0.15) is 4.90 Å². The Morgan fingerprint density at radius 3 is 2.29 bits per heavy atom. The van der Waals surface area contributed by atoms with Crippen LogP contribution in [0.1, 0.15) is 10.4 Å². The van der Waals surface area contributed by atoms with E-state index < -0.39 is 31.4 Å². The molecule has 0 unspecified atom stereocenters. The average molecular weight is 353 g/mol. The second kappa shape index (κ2) is 6.22. The number of rotatable bonds is 4. The molecule has 10 nitrogen and oxygen atoms in total. The predicted molar refractivity (Wildman–Crippen MR) is 82.1 cm³/mol. The van der Waals surface area contributed by atoms with E-state index in [4.69, 9.17) is 4.55 Å². The molecule has 1 aromatic heterocycles. The first-order valence-corrected chi connectivity index (χ1v) is 7.78. The normalized spacial score (nSPS) is 11.1. The predicted octanol–water partition coefficient (Wildman–Crippen LogP) is 0.411. The van der Waals surface area contributed by atoms with Gasteiger partial charge < -0.3 is 0 Å². The topological polar surface area (TPSA) is 140 Å². The minimum absolute atomic E-state index is 0.0915. The van der Waals surface area contributed by atoms with Crippen molar-refractivity contribution in [3.8, 4) is 0 Å². The van der Waals surface area contributed by atoms with Crippen LogP contribution in [0.3, 0.4) is 0 Å². The lowest BCUT2D eigenvalue weighted by molar-refractivity contribution is -0.384. The molecule has 0 aliphatic rings. The number of nitro benzene ring substituents is 1. The van der Waals surface area contributed by atoms with Gasteiger partial charge in [-0.25, -0.2) is 9.69 Å². The lowest BCUT2D eigenvalue weighted by atomic mass is 10.2. The molecule has 0 fully saturated rings. The van der Waals surface area contributed by atoms with Crippen molar-refractivity contribution in [3.63, 3.8) is 0 Å². The summed E-state index contributed by atoms with van der Waals surface area (Å²) in [5.41, 5.74) is -0.958. The van der Waals surface area contributed by atoms with E-state index in [0.717, 1.165) is 34.1 Å². The van der Waals surface area contributed by atoms with Crippen LogP contribution in [0.25, 0.3) is 0 Å². The molecule has 0 saturated heterocycles. The molecule has 2 aromatic rings. The molecule has 1 aromatic carbocycles. The van der Waals surface area contributed by atoms with Gasteiger partial charge >= 0.3 is 0 Å². The molecule has 0 aliphatic heterocycles. The molecule has 2 rings (SSSR count). The summed E-state index contributed by atoms with van der Waals surface area (Å²) in [5.74, 6) is -0.647. The molecule has 0 saturated carbocycles. The number of benzene rings is 1. The number of nitrogens with zero attached hydrogens (tertiary/aromatic N) is 3. The van der Waals surface area contributed by atoms with Gasteiger partial charge in [0.05, 0.1) is 4.92 Å². The van der Waals surface area contributed by atoms with Crippen molar-refractivity contribution in [1.29, 1.82) is 0 Å². The summed E-state index contributed by atoms with van der Waals surface area (Å²) >= 11 is 0. The van der Waals surface area contributed by atoms with Gasteiger partial charge in [-0.3, -0.25) is 24.3 Å². The van der Waals surface area contributed by atoms with Crippen molar-refractivity contribution >= 4 is 21.7 Å². The summed E-state index contributed by atoms with van der Waals surface area (Å²) in [6.07, 6.45) is 1.01. The molecule has 0 bridgehead atoms. The van der Waals surface area contributed by atoms with E-state index in [0.29, 0.717) is 6.07 Å². The fraction of sp³-hybridized carbons (Fsp3) is 0.0769. The van der Waals surface area contributed by atoms with Gasteiger partial charge in [-0.1, -0.05) is 0 Å². The number of carbonyl (C=O) groups is 1. The van der Waals surface area contributed by atoms with Crippen LogP contribution in [0.5, 0.6) is 0 Å². The Morgan fingerprint density at radius 2 is 1.83 bits per heavy atom. The van der Waals surface area contributed by atoms with Crippen LogP contribution in [0.4, 0.5) is 5.69 Å². The summed E-state index contributed by atoms with van der Waals surface area (Å²) in [4.78, 5) is 33.6.